The first kappa shape index (κ1) is 14.3. The van der Waals surface area contributed by atoms with Gasteiger partial charge in [-0.2, -0.15) is 4.31 Å². The first-order valence-electron chi connectivity index (χ1n) is 5.57. The van der Waals surface area contributed by atoms with Gasteiger partial charge in [-0.3, -0.25) is 0 Å². The summed E-state index contributed by atoms with van der Waals surface area (Å²) in [5.41, 5.74) is 0. The van der Waals surface area contributed by atoms with Gasteiger partial charge in [-0.05, 0) is 31.2 Å². The van der Waals surface area contributed by atoms with E-state index in [4.69, 9.17) is 11.6 Å². The second kappa shape index (κ2) is 5.46. The van der Waals surface area contributed by atoms with Gasteiger partial charge in [0, 0.05) is 24.1 Å². The molecule has 0 radical (unpaired) electrons. The predicted molar refractivity (Wildman–Crippen MR) is 75.4 cm³/mol. The van der Waals surface area contributed by atoms with Gasteiger partial charge in [0.1, 0.15) is 4.90 Å². The van der Waals surface area contributed by atoms with Crippen LogP contribution >= 0.6 is 27.5 Å². The van der Waals surface area contributed by atoms with Crippen LogP contribution in [0, 0.1) is 0 Å². The van der Waals surface area contributed by atoms with Crippen LogP contribution in [0.15, 0.2) is 27.6 Å². The fourth-order valence-corrected chi connectivity index (χ4v) is 4.38. The Morgan fingerprint density at radius 1 is 1.50 bits per heavy atom. The first-order chi connectivity index (χ1) is 8.43. The molecule has 0 saturated carbocycles. The molecule has 1 aromatic carbocycles. The number of nitrogens with one attached hydrogen (secondary N) is 1. The van der Waals surface area contributed by atoms with Crippen LogP contribution in [0.3, 0.4) is 0 Å². The lowest BCUT2D eigenvalue weighted by Crippen LogP contribution is -2.38. The van der Waals surface area contributed by atoms with Crippen molar-refractivity contribution in [2.45, 2.75) is 17.4 Å². The smallest absolute Gasteiger partial charge is 0.244 e. The van der Waals surface area contributed by atoms with E-state index in [2.05, 4.69) is 21.2 Å². The Bertz CT molecular complexity index is 544. The van der Waals surface area contributed by atoms with Crippen LogP contribution in [0.5, 0.6) is 0 Å². The minimum absolute atomic E-state index is 0.00489. The summed E-state index contributed by atoms with van der Waals surface area (Å²) in [5.74, 6) is 0. The Balaban J connectivity index is 2.35. The Hall–Kier alpha value is -0.140. The van der Waals surface area contributed by atoms with Crippen LogP contribution in [0.4, 0.5) is 0 Å². The average Bonchev–Trinajstić information content (AvgIpc) is 2.80. The normalized spacial score (nSPS) is 20.6. The number of hydrogen-bond acceptors (Lipinski definition) is 3. The standard InChI is InChI=1S/C11H14BrClN2O2S/c1-15(9-4-5-14-7-9)18(16,17)11-3-2-8(12)6-10(11)13/h2-3,6,9,14H,4-5,7H2,1H3/t9-/m1/s1. The third-order valence-corrected chi connectivity index (χ3v) is 5.99. The van der Waals surface area contributed by atoms with Crippen molar-refractivity contribution in [2.24, 2.45) is 0 Å². The molecule has 1 heterocycles. The lowest BCUT2D eigenvalue weighted by atomic mass is 10.3. The van der Waals surface area contributed by atoms with E-state index in [1.165, 1.54) is 10.4 Å². The van der Waals surface area contributed by atoms with E-state index in [1.807, 2.05) is 0 Å². The maximum Gasteiger partial charge on any atom is 0.244 e. The number of benzene rings is 1. The zero-order chi connectivity index (χ0) is 13.3. The van der Waals surface area contributed by atoms with E-state index < -0.39 is 10.0 Å². The summed E-state index contributed by atoms with van der Waals surface area (Å²) < 4.78 is 27.1. The summed E-state index contributed by atoms with van der Waals surface area (Å²) in [6.07, 6.45) is 0.823. The van der Waals surface area contributed by atoms with Crippen LogP contribution in [0.2, 0.25) is 5.02 Å². The van der Waals surface area contributed by atoms with E-state index >= 15 is 0 Å². The van der Waals surface area contributed by atoms with Crippen molar-refractivity contribution in [1.29, 1.82) is 0 Å². The molecule has 18 heavy (non-hydrogen) atoms. The van der Waals surface area contributed by atoms with Crippen molar-refractivity contribution in [3.8, 4) is 0 Å². The second-order valence-electron chi connectivity index (χ2n) is 4.24. The van der Waals surface area contributed by atoms with Crippen molar-refractivity contribution >= 4 is 37.6 Å². The number of halogens is 2. The van der Waals surface area contributed by atoms with Crippen LogP contribution in [-0.4, -0.2) is 38.9 Å². The number of sulfonamides is 1. The highest BCUT2D eigenvalue weighted by Gasteiger charge is 2.31. The summed E-state index contributed by atoms with van der Waals surface area (Å²) in [6, 6.07) is 4.80. The summed E-state index contributed by atoms with van der Waals surface area (Å²) in [6.45, 7) is 1.53. The van der Waals surface area contributed by atoms with Gasteiger partial charge in [-0.1, -0.05) is 27.5 Å². The molecule has 1 aliphatic heterocycles. The highest BCUT2D eigenvalue weighted by atomic mass is 79.9. The molecule has 1 aromatic rings. The molecule has 7 heteroatoms. The monoisotopic (exact) mass is 352 g/mol. The number of likely N-dealkylation sites (N-methyl/N-ethyl adjacent to an activating group) is 1. The van der Waals surface area contributed by atoms with E-state index in [-0.39, 0.29) is 16.0 Å². The minimum atomic E-state index is -3.53. The predicted octanol–water partition coefficient (Wildman–Crippen LogP) is 2.08. The summed E-state index contributed by atoms with van der Waals surface area (Å²) in [4.78, 5) is 0.154. The molecule has 1 atom stereocenters. The molecule has 1 saturated heterocycles. The summed E-state index contributed by atoms with van der Waals surface area (Å²) in [7, 11) is -1.93. The van der Waals surface area contributed by atoms with Crippen molar-refractivity contribution in [2.75, 3.05) is 20.1 Å². The molecule has 0 unspecified atom stereocenters. The van der Waals surface area contributed by atoms with Crippen molar-refractivity contribution in [3.05, 3.63) is 27.7 Å². The molecule has 0 bridgehead atoms. The largest absolute Gasteiger partial charge is 0.315 e. The highest BCUT2D eigenvalue weighted by molar-refractivity contribution is 9.10. The van der Waals surface area contributed by atoms with Crippen molar-refractivity contribution in [1.82, 2.24) is 9.62 Å². The fourth-order valence-electron chi connectivity index (χ4n) is 1.99. The third kappa shape index (κ3) is 2.72. The topological polar surface area (TPSA) is 49.4 Å². The van der Waals surface area contributed by atoms with Gasteiger partial charge in [0.25, 0.3) is 0 Å². The highest BCUT2D eigenvalue weighted by Crippen LogP contribution is 2.28. The lowest BCUT2D eigenvalue weighted by Gasteiger charge is -2.23. The van der Waals surface area contributed by atoms with Crippen LogP contribution in [0.25, 0.3) is 0 Å². The molecule has 0 aliphatic carbocycles. The van der Waals surface area contributed by atoms with Gasteiger partial charge in [0.05, 0.1) is 5.02 Å². The van der Waals surface area contributed by atoms with Gasteiger partial charge in [0.2, 0.25) is 10.0 Å². The zero-order valence-corrected chi connectivity index (χ0v) is 13.0. The van der Waals surface area contributed by atoms with E-state index in [9.17, 15) is 8.42 Å². The van der Waals surface area contributed by atoms with Gasteiger partial charge in [-0.25, -0.2) is 8.42 Å². The Kier molecular flexibility index (Phi) is 4.33. The molecule has 100 valence electrons. The first-order valence-corrected chi connectivity index (χ1v) is 8.18. The number of hydrogen-bond donors (Lipinski definition) is 1. The average molecular weight is 354 g/mol. The molecular formula is C11H14BrClN2O2S. The molecular weight excluding hydrogens is 340 g/mol. The molecule has 0 aromatic heterocycles. The van der Waals surface area contributed by atoms with Gasteiger partial charge in [0.15, 0.2) is 0 Å². The zero-order valence-electron chi connectivity index (χ0n) is 9.86. The lowest BCUT2D eigenvalue weighted by molar-refractivity contribution is 0.388. The van der Waals surface area contributed by atoms with Crippen LogP contribution < -0.4 is 5.32 Å². The van der Waals surface area contributed by atoms with Crippen molar-refractivity contribution < 1.29 is 8.42 Å². The van der Waals surface area contributed by atoms with Gasteiger partial charge < -0.3 is 5.32 Å². The van der Waals surface area contributed by atoms with E-state index in [1.54, 1.807) is 19.2 Å². The number of rotatable bonds is 3. The quantitative estimate of drug-likeness (QED) is 0.905. The molecule has 0 spiro atoms. The fraction of sp³-hybridized carbons (Fsp3) is 0.455. The Labute approximate surface area is 120 Å². The summed E-state index contributed by atoms with van der Waals surface area (Å²) in [5, 5.41) is 3.39. The molecule has 4 nitrogen and oxygen atoms in total. The molecule has 2 rings (SSSR count). The van der Waals surface area contributed by atoms with E-state index in [0.29, 0.717) is 6.54 Å². The molecule has 1 N–H and O–H groups in total. The summed E-state index contributed by atoms with van der Waals surface area (Å²) >= 11 is 9.28. The van der Waals surface area contributed by atoms with Crippen LogP contribution in [0.1, 0.15) is 6.42 Å². The molecule has 1 aliphatic rings. The van der Waals surface area contributed by atoms with Gasteiger partial charge >= 0.3 is 0 Å². The van der Waals surface area contributed by atoms with Gasteiger partial charge in [-0.15, -0.1) is 0 Å². The van der Waals surface area contributed by atoms with Crippen molar-refractivity contribution in [3.63, 3.8) is 0 Å². The second-order valence-corrected chi connectivity index (χ2v) is 7.53. The minimum Gasteiger partial charge on any atom is -0.315 e. The molecule has 0 amide bonds. The third-order valence-electron chi connectivity index (χ3n) is 3.10. The number of nitrogens with zero attached hydrogens (tertiary/aromatic N) is 1. The Morgan fingerprint density at radius 3 is 2.78 bits per heavy atom. The molecule has 1 fully saturated rings. The maximum atomic E-state index is 12.4. The Morgan fingerprint density at radius 2 is 2.22 bits per heavy atom. The van der Waals surface area contributed by atoms with E-state index in [0.717, 1.165) is 17.4 Å². The maximum absolute atomic E-state index is 12.4. The van der Waals surface area contributed by atoms with Crippen LogP contribution in [-0.2, 0) is 10.0 Å². The SMILES string of the molecule is CN([C@@H]1CCNC1)S(=O)(=O)c1ccc(Br)cc1Cl.